The van der Waals surface area contributed by atoms with Gasteiger partial charge in [-0.25, -0.2) is 4.57 Å². The van der Waals surface area contributed by atoms with Gasteiger partial charge < -0.3 is 24.2 Å². The van der Waals surface area contributed by atoms with Crippen LogP contribution in [0.1, 0.15) is 252 Å². The molecule has 0 fully saturated rings. The van der Waals surface area contributed by atoms with E-state index in [1.807, 2.05) is 12.2 Å². The van der Waals surface area contributed by atoms with Gasteiger partial charge in [-0.1, -0.05) is 221 Å². The Morgan fingerprint density at radius 1 is 0.382 bits per heavy atom. The molecule has 0 heterocycles. The summed E-state index contributed by atoms with van der Waals surface area (Å²) >= 11 is 0. The minimum Gasteiger partial charge on any atom is -0.462 e. The van der Waals surface area contributed by atoms with Crippen molar-refractivity contribution in [3.05, 3.63) is 97.2 Å². The molecule has 76 heavy (non-hydrogen) atoms. The molecule has 0 spiro atoms. The molecule has 3 atom stereocenters. The zero-order valence-corrected chi connectivity index (χ0v) is 49.1. The van der Waals surface area contributed by atoms with Gasteiger partial charge in [-0.3, -0.25) is 23.4 Å². The third kappa shape index (κ3) is 55.2. The minimum absolute atomic E-state index is 0.101. The second kappa shape index (κ2) is 57.6. The fourth-order valence-electron chi connectivity index (χ4n) is 7.90. The molecule has 0 aliphatic heterocycles. The molecule has 12 heteroatoms. The van der Waals surface area contributed by atoms with E-state index in [1.165, 1.54) is 89.9 Å². The van der Waals surface area contributed by atoms with E-state index in [2.05, 4.69) is 106 Å². The van der Waals surface area contributed by atoms with E-state index in [0.717, 1.165) is 103 Å². The third-order valence-corrected chi connectivity index (χ3v) is 13.4. The summed E-state index contributed by atoms with van der Waals surface area (Å²) in [6.07, 6.45) is 68.0. The first-order valence-electron chi connectivity index (χ1n) is 30.1. The van der Waals surface area contributed by atoms with E-state index in [0.29, 0.717) is 19.3 Å². The molecule has 0 saturated carbocycles. The van der Waals surface area contributed by atoms with Crippen LogP contribution in [0.4, 0.5) is 0 Å². The van der Waals surface area contributed by atoms with Crippen LogP contribution in [0.15, 0.2) is 97.2 Å². The Morgan fingerprint density at radius 3 is 1.11 bits per heavy atom. The van der Waals surface area contributed by atoms with Crippen molar-refractivity contribution in [1.29, 1.82) is 0 Å². The lowest BCUT2D eigenvalue weighted by atomic mass is 10.1. The molecule has 0 aliphatic rings. The first kappa shape index (κ1) is 72.4. The van der Waals surface area contributed by atoms with Gasteiger partial charge in [0.25, 0.3) is 0 Å². The predicted molar refractivity (Wildman–Crippen MR) is 316 cm³/mol. The average molecular weight is 1090 g/mol. The Morgan fingerprint density at radius 2 is 0.711 bits per heavy atom. The summed E-state index contributed by atoms with van der Waals surface area (Å²) in [5.41, 5.74) is 0. The van der Waals surface area contributed by atoms with Gasteiger partial charge in [-0.05, 0) is 109 Å². The molecule has 0 saturated heterocycles. The van der Waals surface area contributed by atoms with Gasteiger partial charge in [0, 0.05) is 19.3 Å². The number of aliphatic hydroxyl groups is 1. The summed E-state index contributed by atoms with van der Waals surface area (Å²) in [5, 5.41) is 9.83. The standard InChI is InChI=1S/C64H109O11P/c1-4-7-10-13-16-19-22-25-27-29-30-32-34-37-40-43-46-49-52-55-64(68)75-61(57-71-62(66)53-50-47-44-41-38-35-24-21-18-15-12-9-6-3)59-73-76(69,70)72-58-60(56-65)74-63(67)54-51-48-45-42-39-36-33-31-28-26-23-20-17-14-11-8-5-2/h9,12,16-21,25-28,35,38,44,47,60-61,65H,4-8,10-11,13-15,22-24,29-34,36-37,39-43,45-46,48-59H2,1-3H3,(H,69,70)/b12-9-,19-16-,20-17-,21-18-,27-25-,28-26-,38-35-,47-44-. The lowest BCUT2D eigenvalue weighted by Crippen LogP contribution is -2.30. The molecule has 0 bridgehead atoms. The fraction of sp³-hybridized carbons (Fsp3) is 0.703. The van der Waals surface area contributed by atoms with Crippen molar-refractivity contribution in [3.63, 3.8) is 0 Å². The van der Waals surface area contributed by atoms with Gasteiger partial charge in [0.1, 0.15) is 12.7 Å². The van der Waals surface area contributed by atoms with E-state index in [9.17, 15) is 28.9 Å². The van der Waals surface area contributed by atoms with E-state index in [1.54, 1.807) is 0 Å². The number of aliphatic hydroxyl groups excluding tert-OH is 1. The number of unbranched alkanes of at least 4 members (excludes halogenated alkanes) is 22. The summed E-state index contributed by atoms with van der Waals surface area (Å²) in [4.78, 5) is 48.6. The summed E-state index contributed by atoms with van der Waals surface area (Å²) in [7, 11) is -4.77. The molecule has 0 radical (unpaired) electrons. The zero-order chi connectivity index (χ0) is 55.5. The molecule has 0 rings (SSSR count). The number of carbonyl (C=O) groups is 3. The number of allylic oxidation sites excluding steroid dienone is 16. The Kier molecular flexibility index (Phi) is 54.8. The maximum atomic E-state index is 12.9. The second-order valence-corrected chi connectivity index (χ2v) is 21.2. The first-order valence-corrected chi connectivity index (χ1v) is 31.6. The highest BCUT2D eigenvalue weighted by atomic mass is 31.2. The quantitative estimate of drug-likeness (QED) is 0.0197. The number of carbonyl (C=O) groups excluding carboxylic acids is 3. The van der Waals surface area contributed by atoms with Crippen LogP contribution >= 0.6 is 7.82 Å². The second-order valence-electron chi connectivity index (χ2n) is 19.8. The number of ether oxygens (including phenoxy) is 3. The number of hydrogen-bond acceptors (Lipinski definition) is 10. The first-order chi connectivity index (χ1) is 37.2. The van der Waals surface area contributed by atoms with Crippen LogP contribution in [-0.4, -0.2) is 66.5 Å². The summed E-state index contributed by atoms with van der Waals surface area (Å²) < 4.78 is 39.5. The molecular formula is C64H109O11P. The van der Waals surface area contributed by atoms with Crippen molar-refractivity contribution < 1.29 is 52.2 Å². The maximum Gasteiger partial charge on any atom is 0.472 e. The van der Waals surface area contributed by atoms with Crippen LogP contribution < -0.4 is 0 Å². The van der Waals surface area contributed by atoms with Crippen molar-refractivity contribution in [2.45, 2.75) is 264 Å². The molecule has 3 unspecified atom stereocenters. The van der Waals surface area contributed by atoms with Gasteiger partial charge in [0.2, 0.25) is 0 Å². The molecule has 0 aliphatic carbocycles. The highest BCUT2D eigenvalue weighted by Gasteiger charge is 2.28. The van der Waals surface area contributed by atoms with E-state index in [-0.39, 0.29) is 25.9 Å². The maximum absolute atomic E-state index is 12.9. The van der Waals surface area contributed by atoms with Crippen LogP contribution in [0.25, 0.3) is 0 Å². The van der Waals surface area contributed by atoms with Crippen molar-refractivity contribution in [3.8, 4) is 0 Å². The fourth-order valence-corrected chi connectivity index (χ4v) is 8.68. The van der Waals surface area contributed by atoms with Crippen molar-refractivity contribution >= 4 is 25.7 Å². The topological polar surface area (TPSA) is 155 Å². The molecule has 2 N–H and O–H groups in total. The van der Waals surface area contributed by atoms with E-state index >= 15 is 0 Å². The van der Waals surface area contributed by atoms with Gasteiger partial charge in [-0.15, -0.1) is 0 Å². The lowest BCUT2D eigenvalue weighted by molar-refractivity contribution is -0.161. The van der Waals surface area contributed by atoms with E-state index < -0.39 is 57.8 Å². The summed E-state index contributed by atoms with van der Waals surface area (Å²) in [6.45, 7) is 4.39. The number of esters is 3. The van der Waals surface area contributed by atoms with Crippen LogP contribution in [-0.2, 0) is 42.2 Å². The van der Waals surface area contributed by atoms with Gasteiger partial charge in [-0.2, -0.15) is 0 Å². The molecule has 0 aromatic rings. The zero-order valence-electron chi connectivity index (χ0n) is 48.2. The lowest BCUT2D eigenvalue weighted by Gasteiger charge is -2.21. The van der Waals surface area contributed by atoms with Crippen molar-refractivity contribution in [1.82, 2.24) is 0 Å². The Balaban J connectivity index is 4.75. The molecule has 0 aromatic heterocycles. The molecule has 436 valence electrons. The van der Waals surface area contributed by atoms with Crippen molar-refractivity contribution in [2.24, 2.45) is 0 Å². The van der Waals surface area contributed by atoms with Crippen LogP contribution in [0.5, 0.6) is 0 Å². The predicted octanol–water partition coefficient (Wildman–Crippen LogP) is 18.0. The SMILES string of the molecule is CC/C=C\C/C=C\C/C=C\C/C=C\CCC(=O)OCC(COP(=O)(O)OCC(CO)OC(=O)CCCCCCCCC/C=C\C/C=C\CCCCC)OC(=O)CCCCCCCCCCC/C=C\C/C=C\CCCCC. The Hall–Kier alpha value is -3.60. The smallest absolute Gasteiger partial charge is 0.462 e. The van der Waals surface area contributed by atoms with Crippen molar-refractivity contribution in [2.75, 3.05) is 26.4 Å². The average Bonchev–Trinajstić information content (AvgIpc) is 3.41. The monoisotopic (exact) mass is 1080 g/mol. The molecule has 11 nitrogen and oxygen atoms in total. The Labute approximate surface area is 463 Å². The largest absolute Gasteiger partial charge is 0.472 e. The molecular weight excluding hydrogens is 976 g/mol. The molecule has 0 aromatic carbocycles. The molecule has 0 amide bonds. The van der Waals surface area contributed by atoms with Gasteiger partial charge in [0.05, 0.1) is 19.8 Å². The highest BCUT2D eigenvalue weighted by Crippen LogP contribution is 2.43. The third-order valence-electron chi connectivity index (χ3n) is 12.5. The number of hydrogen-bond donors (Lipinski definition) is 2. The Bertz CT molecular complexity index is 1640. The van der Waals surface area contributed by atoms with Gasteiger partial charge in [0.15, 0.2) is 6.10 Å². The normalized spacial score (nSPS) is 14.0. The highest BCUT2D eigenvalue weighted by molar-refractivity contribution is 7.47. The van der Waals surface area contributed by atoms with Crippen LogP contribution in [0, 0.1) is 0 Å². The van der Waals surface area contributed by atoms with Crippen LogP contribution in [0.2, 0.25) is 0 Å². The summed E-state index contributed by atoms with van der Waals surface area (Å²) in [5.74, 6) is -1.58. The van der Waals surface area contributed by atoms with Crippen LogP contribution in [0.3, 0.4) is 0 Å². The van der Waals surface area contributed by atoms with Gasteiger partial charge >= 0.3 is 25.7 Å². The minimum atomic E-state index is -4.77. The number of rotatable bonds is 55. The number of phosphoric acid groups is 1. The summed E-state index contributed by atoms with van der Waals surface area (Å²) in [6, 6.07) is 0. The van der Waals surface area contributed by atoms with E-state index in [4.69, 9.17) is 23.3 Å². The number of phosphoric ester groups is 1.